The van der Waals surface area contributed by atoms with E-state index in [2.05, 4.69) is 0 Å². The van der Waals surface area contributed by atoms with Crippen LogP contribution in [0.2, 0.25) is 0 Å². The Morgan fingerprint density at radius 1 is 1.11 bits per heavy atom. The molecule has 182 valence electrons. The van der Waals surface area contributed by atoms with Crippen LogP contribution in [0.5, 0.6) is 5.75 Å². The number of rotatable bonds is 4. The van der Waals surface area contributed by atoms with Crippen molar-refractivity contribution in [2.24, 2.45) is 0 Å². The molecule has 6 rings (SSSR count). The van der Waals surface area contributed by atoms with Gasteiger partial charge in [-0.05, 0) is 78.9 Å². The van der Waals surface area contributed by atoms with E-state index in [-0.39, 0.29) is 11.3 Å². The van der Waals surface area contributed by atoms with Crippen molar-refractivity contribution >= 4 is 55.5 Å². The zero-order valence-electron chi connectivity index (χ0n) is 19.9. The Kier molecular flexibility index (Phi) is 5.65. The Balaban J connectivity index is 1.51. The first kappa shape index (κ1) is 22.9. The number of Topliss-reactive ketones (excluding diaryl/α,β-unsaturated/α-hetero) is 1. The summed E-state index contributed by atoms with van der Waals surface area (Å²) >= 11 is 2.77. The molecule has 1 fully saturated rings. The zero-order chi connectivity index (χ0) is 25.0. The van der Waals surface area contributed by atoms with Gasteiger partial charge in [0.1, 0.15) is 17.6 Å². The number of fused-ring (bicyclic) bond motifs is 2. The average Bonchev–Trinajstić information content (AvgIpc) is 3.61. The van der Waals surface area contributed by atoms with Crippen LogP contribution in [0, 0.1) is 6.92 Å². The number of carbonyl (C=O) groups excluding carboxylic acids is 2. The Bertz CT molecular complexity index is 1550. The van der Waals surface area contributed by atoms with E-state index in [1.165, 1.54) is 38.7 Å². The summed E-state index contributed by atoms with van der Waals surface area (Å²) in [6.07, 6.45) is 4.25. The first-order chi connectivity index (χ1) is 17.5. The minimum atomic E-state index is -0.746. The smallest absolute Gasteiger partial charge is 0.301 e. The lowest BCUT2D eigenvalue weighted by molar-refractivity contribution is -0.132. The zero-order valence-corrected chi connectivity index (χ0v) is 21.5. The molecule has 1 saturated heterocycles. The number of aromatic nitrogens is 1. The summed E-state index contributed by atoms with van der Waals surface area (Å²) in [7, 11) is 1.62. The highest BCUT2D eigenvalue weighted by Crippen LogP contribution is 2.46. The number of aryl methyl sites for hydroxylation is 3. The minimum Gasteiger partial charge on any atom is -0.507 e. The molecule has 1 aliphatic heterocycles. The first-order valence-electron chi connectivity index (χ1n) is 11.9. The van der Waals surface area contributed by atoms with Gasteiger partial charge in [0.15, 0.2) is 5.13 Å². The van der Waals surface area contributed by atoms with E-state index in [9.17, 15) is 14.7 Å². The van der Waals surface area contributed by atoms with Crippen LogP contribution in [0.25, 0.3) is 16.0 Å². The van der Waals surface area contributed by atoms with Gasteiger partial charge in [0, 0.05) is 10.4 Å². The van der Waals surface area contributed by atoms with Crippen LogP contribution < -0.4 is 9.64 Å². The van der Waals surface area contributed by atoms with Gasteiger partial charge < -0.3 is 9.84 Å². The van der Waals surface area contributed by atoms with Crippen LogP contribution in [-0.2, 0) is 22.4 Å². The molecule has 36 heavy (non-hydrogen) atoms. The lowest BCUT2D eigenvalue weighted by Gasteiger charge is -2.22. The van der Waals surface area contributed by atoms with Gasteiger partial charge in [-0.2, -0.15) is 0 Å². The number of hydrogen-bond donors (Lipinski definition) is 1. The maximum atomic E-state index is 13.4. The normalized spacial score (nSPS) is 19.2. The number of aliphatic hydroxyl groups is 1. The van der Waals surface area contributed by atoms with Gasteiger partial charge in [-0.25, -0.2) is 4.98 Å². The first-order valence-corrected chi connectivity index (χ1v) is 13.6. The number of aliphatic hydroxyl groups excluding tert-OH is 1. The molecule has 2 aliphatic rings. The van der Waals surface area contributed by atoms with E-state index in [4.69, 9.17) is 9.72 Å². The molecule has 6 nitrogen and oxygen atoms in total. The van der Waals surface area contributed by atoms with Gasteiger partial charge in [0.25, 0.3) is 5.78 Å². The predicted octanol–water partition coefficient (Wildman–Crippen LogP) is 6.18. The topological polar surface area (TPSA) is 79.7 Å². The fraction of sp³-hybridized carbons (Fsp3) is 0.250. The molecule has 4 aromatic rings. The number of anilines is 1. The second-order valence-electron chi connectivity index (χ2n) is 9.16. The number of methoxy groups -OCH3 is 1. The van der Waals surface area contributed by atoms with Crippen molar-refractivity contribution in [1.82, 2.24) is 4.98 Å². The quantitative estimate of drug-likeness (QED) is 0.199. The molecular weight excluding hydrogens is 492 g/mol. The molecule has 2 aromatic carbocycles. The van der Waals surface area contributed by atoms with Crippen molar-refractivity contribution in [3.63, 3.8) is 0 Å². The van der Waals surface area contributed by atoms with Crippen molar-refractivity contribution in [3.8, 4) is 5.75 Å². The number of ether oxygens (including phenoxy) is 1. The Labute approximate surface area is 216 Å². The van der Waals surface area contributed by atoms with Gasteiger partial charge in [0.2, 0.25) is 0 Å². The third kappa shape index (κ3) is 3.63. The van der Waals surface area contributed by atoms with E-state index >= 15 is 0 Å². The summed E-state index contributed by atoms with van der Waals surface area (Å²) in [5.74, 6) is -0.782. The van der Waals surface area contributed by atoms with Crippen molar-refractivity contribution in [2.45, 2.75) is 38.6 Å². The number of hydrogen-bond acceptors (Lipinski definition) is 7. The molecular formula is C28H24N2O4S2. The molecule has 1 N–H and O–H groups in total. The molecule has 8 heteroatoms. The summed E-state index contributed by atoms with van der Waals surface area (Å²) < 4.78 is 6.30. The molecule has 1 amide bonds. The number of nitrogens with zero attached hydrogens (tertiary/aromatic N) is 2. The minimum absolute atomic E-state index is 0.103. The van der Waals surface area contributed by atoms with Gasteiger partial charge >= 0.3 is 5.91 Å². The molecule has 3 heterocycles. The molecule has 0 radical (unpaired) electrons. The van der Waals surface area contributed by atoms with Gasteiger partial charge in [-0.3, -0.25) is 14.5 Å². The largest absolute Gasteiger partial charge is 0.507 e. The van der Waals surface area contributed by atoms with Crippen molar-refractivity contribution in [1.29, 1.82) is 0 Å². The third-order valence-electron chi connectivity index (χ3n) is 6.98. The second kappa shape index (κ2) is 8.87. The van der Waals surface area contributed by atoms with Crippen LogP contribution in [0.1, 0.15) is 46.0 Å². The number of thiazole rings is 1. The van der Waals surface area contributed by atoms with Crippen LogP contribution in [0.4, 0.5) is 5.13 Å². The molecule has 0 spiro atoms. The second-order valence-corrected chi connectivity index (χ2v) is 11.1. The van der Waals surface area contributed by atoms with E-state index in [0.29, 0.717) is 10.7 Å². The number of amides is 1. The van der Waals surface area contributed by atoms with Crippen molar-refractivity contribution < 1.29 is 19.4 Å². The van der Waals surface area contributed by atoms with Crippen molar-refractivity contribution in [2.75, 3.05) is 12.0 Å². The van der Waals surface area contributed by atoms with Gasteiger partial charge in [-0.15, -0.1) is 11.3 Å². The van der Waals surface area contributed by atoms with Crippen LogP contribution in [0.15, 0.2) is 53.4 Å². The summed E-state index contributed by atoms with van der Waals surface area (Å²) in [4.78, 5) is 33.8. The number of thiophene rings is 1. The average molecular weight is 517 g/mol. The summed E-state index contributed by atoms with van der Waals surface area (Å²) in [6, 6.07) is 12.7. The Morgan fingerprint density at radius 3 is 2.67 bits per heavy atom. The number of carbonyl (C=O) groups is 2. The maximum Gasteiger partial charge on any atom is 0.301 e. The molecule has 0 bridgehead atoms. The predicted molar refractivity (Wildman–Crippen MR) is 143 cm³/mol. The van der Waals surface area contributed by atoms with Crippen LogP contribution in [-0.4, -0.2) is 28.9 Å². The van der Waals surface area contributed by atoms with Crippen LogP contribution >= 0.6 is 22.7 Å². The lowest BCUT2D eigenvalue weighted by atomic mass is 9.89. The SMILES string of the molecule is COc1cc2sc(N3C(=O)C(=O)/C(=C(/O)c4ccc5c(c4)CCCC5)C3c3cccs3)nc2cc1C. The van der Waals surface area contributed by atoms with E-state index in [0.717, 1.165) is 52.1 Å². The number of benzene rings is 2. The van der Waals surface area contributed by atoms with E-state index in [1.54, 1.807) is 7.11 Å². The number of ketones is 1. The standard InChI is InChI=1S/C28H24N2O4S2/c1-15-12-19-22(14-20(15)34-2)36-28(29-19)30-24(21-8-5-11-35-21)23(26(32)27(30)33)25(31)18-10-9-16-6-3-4-7-17(16)13-18/h5,8-14,24,31H,3-4,6-7H2,1-2H3/b25-23+. The Morgan fingerprint density at radius 2 is 1.92 bits per heavy atom. The maximum absolute atomic E-state index is 13.4. The fourth-order valence-electron chi connectivity index (χ4n) is 5.15. The summed E-state index contributed by atoms with van der Waals surface area (Å²) in [6.45, 7) is 1.94. The highest BCUT2D eigenvalue weighted by Gasteiger charge is 2.48. The molecule has 1 unspecified atom stereocenters. The lowest BCUT2D eigenvalue weighted by Crippen LogP contribution is -2.28. The van der Waals surface area contributed by atoms with Gasteiger partial charge in [-0.1, -0.05) is 29.5 Å². The molecule has 2 aromatic heterocycles. The summed E-state index contributed by atoms with van der Waals surface area (Å²) in [5, 5.41) is 13.8. The fourth-order valence-corrected chi connectivity index (χ4v) is 6.98. The highest BCUT2D eigenvalue weighted by atomic mass is 32.1. The monoisotopic (exact) mass is 516 g/mol. The molecule has 0 saturated carbocycles. The Hall–Kier alpha value is -3.49. The molecule has 1 aliphatic carbocycles. The highest BCUT2D eigenvalue weighted by molar-refractivity contribution is 7.22. The van der Waals surface area contributed by atoms with E-state index in [1.807, 2.05) is 54.8 Å². The van der Waals surface area contributed by atoms with Crippen LogP contribution in [0.3, 0.4) is 0 Å². The molecule has 1 atom stereocenters. The van der Waals surface area contributed by atoms with E-state index < -0.39 is 17.7 Å². The third-order valence-corrected chi connectivity index (χ3v) is 8.92. The van der Waals surface area contributed by atoms with Gasteiger partial charge in [0.05, 0.1) is 22.9 Å². The van der Waals surface area contributed by atoms with Crippen molar-refractivity contribution in [3.05, 3.63) is 80.5 Å². The summed E-state index contributed by atoms with van der Waals surface area (Å²) in [5.41, 5.74) is 4.82.